The zero-order valence-corrected chi connectivity index (χ0v) is 18.2. The summed E-state index contributed by atoms with van der Waals surface area (Å²) in [6.45, 7) is 5.65. The number of benzene rings is 2. The van der Waals surface area contributed by atoms with Crippen molar-refractivity contribution < 1.29 is 9.26 Å². The molecule has 2 aromatic carbocycles. The van der Waals surface area contributed by atoms with Gasteiger partial charge in [0.1, 0.15) is 11.6 Å². The van der Waals surface area contributed by atoms with Gasteiger partial charge in [-0.05, 0) is 37.3 Å². The summed E-state index contributed by atoms with van der Waals surface area (Å²) in [5, 5.41) is 4.13. The summed E-state index contributed by atoms with van der Waals surface area (Å²) >= 11 is 0. The van der Waals surface area contributed by atoms with Crippen LogP contribution >= 0.6 is 0 Å². The molecule has 162 valence electrons. The molecule has 32 heavy (non-hydrogen) atoms. The topological polar surface area (TPSA) is 67.5 Å². The van der Waals surface area contributed by atoms with E-state index in [1.807, 2.05) is 61.5 Å². The molecule has 0 aliphatic carbocycles. The van der Waals surface area contributed by atoms with Gasteiger partial charge in [-0.1, -0.05) is 41.1 Å². The van der Waals surface area contributed by atoms with E-state index in [1.165, 1.54) is 0 Å². The standard InChI is InChI=1S/C25H25N5O2/c1-18-6-5-7-19(16-18)24-27-25(32-28-24)20-10-11-23(26-17-20)30-14-12-29(13-15-30)21-8-3-4-9-22(21)31-2/h3-11,16-17H,12-15H2,1-2H3. The van der Waals surface area contributed by atoms with Crippen molar-refractivity contribution in [2.75, 3.05) is 43.1 Å². The minimum atomic E-state index is 0.474. The highest BCUT2D eigenvalue weighted by atomic mass is 16.5. The van der Waals surface area contributed by atoms with Crippen LogP contribution in [0.2, 0.25) is 0 Å². The molecule has 0 spiro atoms. The van der Waals surface area contributed by atoms with E-state index in [9.17, 15) is 0 Å². The lowest BCUT2D eigenvalue weighted by Gasteiger charge is -2.37. The van der Waals surface area contributed by atoms with Gasteiger partial charge in [0.25, 0.3) is 5.89 Å². The van der Waals surface area contributed by atoms with Crippen LogP contribution in [0.4, 0.5) is 11.5 Å². The van der Waals surface area contributed by atoms with E-state index in [0.717, 1.165) is 60.1 Å². The highest BCUT2D eigenvalue weighted by molar-refractivity contribution is 5.62. The maximum Gasteiger partial charge on any atom is 0.259 e. The number of pyridine rings is 1. The zero-order chi connectivity index (χ0) is 21.9. The maximum absolute atomic E-state index is 5.51. The first kappa shape index (κ1) is 20.1. The molecule has 1 saturated heterocycles. The third-order valence-corrected chi connectivity index (χ3v) is 5.73. The smallest absolute Gasteiger partial charge is 0.259 e. The molecule has 1 aliphatic rings. The summed E-state index contributed by atoms with van der Waals surface area (Å²) in [6.07, 6.45) is 1.80. The molecule has 1 aliphatic heterocycles. The van der Waals surface area contributed by atoms with Crippen LogP contribution in [0.3, 0.4) is 0 Å². The Morgan fingerprint density at radius 2 is 1.69 bits per heavy atom. The summed E-state index contributed by atoms with van der Waals surface area (Å²) < 4.78 is 11.0. The summed E-state index contributed by atoms with van der Waals surface area (Å²) in [5.74, 6) is 2.92. The number of para-hydroxylation sites is 2. The Morgan fingerprint density at radius 1 is 0.875 bits per heavy atom. The lowest BCUT2D eigenvalue weighted by Crippen LogP contribution is -2.46. The minimum absolute atomic E-state index is 0.474. The summed E-state index contributed by atoms with van der Waals surface area (Å²) in [6, 6.07) is 20.2. The predicted octanol–water partition coefficient (Wildman–Crippen LogP) is 4.44. The highest BCUT2D eigenvalue weighted by Crippen LogP contribution is 2.29. The van der Waals surface area contributed by atoms with E-state index >= 15 is 0 Å². The number of aryl methyl sites for hydroxylation is 1. The molecule has 7 nitrogen and oxygen atoms in total. The van der Waals surface area contributed by atoms with Crippen molar-refractivity contribution >= 4 is 11.5 Å². The molecule has 0 amide bonds. The molecule has 0 radical (unpaired) electrons. The molecule has 0 unspecified atom stereocenters. The van der Waals surface area contributed by atoms with Gasteiger partial charge in [0, 0.05) is 37.9 Å². The fourth-order valence-electron chi connectivity index (χ4n) is 4.01. The number of hydrogen-bond donors (Lipinski definition) is 0. The van der Waals surface area contributed by atoms with Crippen LogP contribution in [0.1, 0.15) is 5.56 Å². The molecule has 0 bridgehead atoms. The normalized spacial score (nSPS) is 13.9. The number of aromatic nitrogens is 3. The first-order valence-corrected chi connectivity index (χ1v) is 10.7. The number of piperazine rings is 1. The number of nitrogens with zero attached hydrogens (tertiary/aromatic N) is 5. The number of hydrogen-bond acceptors (Lipinski definition) is 7. The third kappa shape index (κ3) is 4.01. The number of anilines is 2. The second-order valence-corrected chi connectivity index (χ2v) is 7.84. The Labute approximate surface area is 187 Å². The molecule has 7 heteroatoms. The van der Waals surface area contributed by atoms with E-state index in [2.05, 4.69) is 31.0 Å². The molecule has 0 N–H and O–H groups in total. The van der Waals surface area contributed by atoms with Gasteiger partial charge in [-0.3, -0.25) is 0 Å². The van der Waals surface area contributed by atoms with Crippen LogP contribution in [0.25, 0.3) is 22.8 Å². The first-order chi connectivity index (χ1) is 15.7. The Balaban J connectivity index is 1.26. The Kier molecular flexibility index (Phi) is 5.46. The van der Waals surface area contributed by atoms with Crippen molar-refractivity contribution in [3.05, 3.63) is 72.4 Å². The summed E-state index contributed by atoms with van der Waals surface area (Å²) in [7, 11) is 1.72. The van der Waals surface area contributed by atoms with Crippen molar-refractivity contribution in [1.29, 1.82) is 0 Å². The minimum Gasteiger partial charge on any atom is -0.495 e. The molecule has 1 fully saturated rings. The second-order valence-electron chi connectivity index (χ2n) is 7.84. The molecular weight excluding hydrogens is 402 g/mol. The molecule has 4 aromatic rings. The SMILES string of the molecule is COc1ccccc1N1CCN(c2ccc(-c3nc(-c4cccc(C)c4)no3)cn2)CC1. The molecule has 0 saturated carbocycles. The summed E-state index contributed by atoms with van der Waals surface area (Å²) in [4.78, 5) is 13.9. The fourth-order valence-corrected chi connectivity index (χ4v) is 4.01. The number of methoxy groups -OCH3 is 1. The van der Waals surface area contributed by atoms with Crippen LogP contribution in [0, 0.1) is 6.92 Å². The van der Waals surface area contributed by atoms with E-state index in [4.69, 9.17) is 9.26 Å². The molecule has 2 aromatic heterocycles. The van der Waals surface area contributed by atoms with Crippen molar-refractivity contribution in [2.45, 2.75) is 6.92 Å². The van der Waals surface area contributed by atoms with Gasteiger partial charge in [-0.15, -0.1) is 0 Å². The van der Waals surface area contributed by atoms with Gasteiger partial charge in [0.2, 0.25) is 5.82 Å². The van der Waals surface area contributed by atoms with Gasteiger partial charge < -0.3 is 19.1 Å². The Bertz CT molecular complexity index is 1200. The van der Waals surface area contributed by atoms with Gasteiger partial charge in [-0.2, -0.15) is 4.98 Å². The van der Waals surface area contributed by atoms with Gasteiger partial charge in [-0.25, -0.2) is 4.98 Å². The lowest BCUT2D eigenvalue weighted by atomic mass is 10.1. The van der Waals surface area contributed by atoms with E-state index in [-0.39, 0.29) is 0 Å². The van der Waals surface area contributed by atoms with Gasteiger partial charge in [0.15, 0.2) is 0 Å². The molecular formula is C25H25N5O2. The highest BCUT2D eigenvalue weighted by Gasteiger charge is 2.21. The molecule has 0 atom stereocenters. The maximum atomic E-state index is 5.51. The van der Waals surface area contributed by atoms with Crippen molar-refractivity contribution in [1.82, 2.24) is 15.1 Å². The van der Waals surface area contributed by atoms with Crippen LogP contribution in [0.15, 0.2) is 71.4 Å². The van der Waals surface area contributed by atoms with E-state index in [1.54, 1.807) is 13.3 Å². The largest absolute Gasteiger partial charge is 0.495 e. The average molecular weight is 428 g/mol. The zero-order valence-electron chi connectivity index (χ0n) is 18.2. The fraction of sp³-hybridized carbons (Fsp3) is 0.240. The van der Waals surface area contributed by atoms with Crippen molar-refractivity contribution in [3.63, 3.8) is 0 Å². The number of ether oxygens (including phenoxy) is 1. The van der Waals surface area contributed by atoms with Crippen molar-refractivity contribution in [3.8, 4) is 28.6 Å². The van der Waals surface area contributed by atoms with Crippen LogP contribution in [-0.2, 0) is 0 Å². The average Bonchev–Trinajstić information content (AvgIpc) is 3.35. The second kappa shape index (κ2) is 8.70. The van der Waals surface area contributed by atoms with Crippen LogP contribution < -0.4 is 14.5 Å². The van der Waals surface area contributed by atoms with E-state index in [0.29, 0.717) is 11.7 Å². The van der Waals surface area contributed by atoms with Crippen LogP contribution in [0.5, 0.6) is 5.75 Å². The van der Waals surface area contributed by atoms with E-state index < -0.39 is 0 Å². The number of rotatable bonds is 5. The lowest BCUT2D eigenvalue weighted by molar-refractivity contribution is 0.413. The first-order valence-electron chi connectivity index (χ1n) is 10.7. The Morgan fingerprint density at radius 3 is 2.44 bits per heavy atom. The molecule has 3 heterocycles. The Hall–Kier alpha value is -3.87. The van der Waals surface area contributed by atoms with Gasteiger partial charge >= 0.3 is 0 Å². The van der Waals surface area contributed by atoms with Crippen molar-refractivity contribution in [2.24, 2.45) is 0 Å². The molecule has 5 rings (SSSR count). The van der Waals surface area contributed by atoms with Gasteiger partial charge in [0.05, 0.1) is 18.4 Å². The third-order valence-electron chi connectivity index (χ3n) is 5.73. The monoisotopic (exact) mass is 427 g/mol. The summed E-state index contributed by atoms with van der Waals surface area (Å²) in [5.41, 5.74) is 4.05. The predicted molar refractivity (Wildman–Crippen MR) is 125 cm³/mol. The quantitative estimate of drug-likeness (QED) is 0.466. The van der Waals surface area contributed by atoms with Crippen LogP contribution in [-0.4, -0.2) is 48.4 Å².